The van der Waals surface area contributed by atoms with Crippen LogP contribution >= 0.6 is 11.3 Å². The number of carbonyl (C=O) groups is 1. The summed E-state index contributed by atoms with van der Waals surface area (Å²) >= 11 is 1.52. The fraction of sp³-hybridized carbons (Fsp3) is 0.421. The van der Waals surface area contributed by atoms with Gasteiger partial charge >= 0.3 is 0 Å². The van der Waals surface area contributed by atoms with Crippen molar-refractivity contribution in [2.45, 2.75) is 25.3 Å². The van der Waals surface area contributed by atoms with Crippen LogP contribution in [0.15, 0.2) is 30.3 Å². The number of rotatable bonds is 3. The molecule has 2 aromatic rings. The zero-order valence-electron chi connectivity index (χ0n) is 14.1. The molecule has 3 heterocycles. The normalized spacial score (nSPS) is 19.7. The van der Waals surface area contributed by atoms with Gasteiger partial charge < -0.3 is 20.1 Å². The molecule has 6 heteroatoms. The topological polar surface area (TPSA) is 64.8 Å². The minimum atomic E-state index is 0.101. The predicted octanol–water partition coefficient (Wildman–Crippen LogP) is 3.14. The summed E-state index contributed by atoms with van der Waals surface area (Å²) in [5, 5.41) is 0. The Morgan fingerprint density at radius 2 is 2.00 bits per heavy atom. The molecule has 132 valence electrons. The van der Waals surface area contributed by atoms with E-state index >= 15 is 0 Å². The molecular formula is C19H22N2O3S. The zero-order valence-corrected chi connectivity index (χ0v) is 14.9. The fourth-order valence-corrected chi connectivity index (χ4v) is 4.42. The molecule has 1 aromatic heterocycles. The molecule has 0 bridgehead atoms. The molecule has 0 spiro atoms. The quantitative estimate of drug-likeness (QED) is 0.915. The highest BCUT2D eigenvalue weighted by Gasteiger charge is 2.27. The monoisotopic (exact) mass is 358 g/mol. The van der Waals surface area contributed by atoms with Crippen molar-refractivity contribution in [2.24, 2.45) is 5.73 Å². The lowest BCUT2D eigenvalue weighted by Crippen LogP contribution is -2.47. The highest BCUT2D eigenvalue weighted by Crippen LogP contribution is 2.37. The van der Waals surface area contributed by atoms with Crippen LogP contribution in [0, 0.1) is 0 Å². The summed E-state index contributed by atoms with van der Waals surface area (Å²) in [6, 6.07) is 10.0. The van der Waals surface area contributed by atoms with Crippen molar-refractivity contribution in [2.75, 3.05) is 26.3 Å². The van der Waals surface area contributed by atoms with Crippen molar-refractivity contribution >= 4 is 17.2 Å². The van der Waals surface area contributed by atoms with E-state index in [9.17, 15) is 4.79 Å². The summed E-state index contributed by atoms with van der Waals surface area (Å²) in [4.78, 5) is 16.7. The Labute approximate surface area is 151 Å². The summed E-state index contributed by atoms with van der Waals surface area (Å²) in [5.41, 5.74) is 6.90. The first kappa shape index (κ1) is 16.4. The average molecular weight is 358 g/mol. The summed E-state index contributed by atoms with van der Waals surface area (Å²) in [6.07, 6.45) is 3.21. The maximum absolute atomic E-state index is 12.9. The van der Waals surface area contributed by atoms with Crippen LogP contribution in [0.3, 0.4) is 0 Å². The molecule has 0 radical (unpaired) electrons. The molecule has 1 saturated heterocycles. The molecule has 1 atom stereocenters. The standard InChI is InChI=1S/C19H22N2O3S/c20-12-14-3-1-2-8-21(14)19(22)18-7-6-17(25-18)13-4-5-15-16(11-13)24-10-9-23-15/h4-7,11,14H,1-3,8-10,12,20H2. The second-order valence-corrected chi connectivity index (χ2v) is 7.49. The Bertz CT molecular complexity index is 774. The summed E-state index contributed by atoms with van der Waals surface area (Å²) < 4.78 is 11.2. The van der Waals surface area contributed by atoms with Gasteiger partial charge in [-0.15, -0.1) is 11.3 Å². The van der Waals surface area contributed by atoms with Crippen LogP contribution in [0.2, 0.25) is 0 Å². The lowest BCUT2D eigenvalue weighted by Gasteiger charge is -2.34. The Kier molecular flexibility index (Phi) is 4.63. The molecule has 2 aliphatic rings. The third-order valence-corrected chi connectivity index (χ3v) is 5.93. The first-order chi connectivity index (χ1) is 12.3. The summed E-state index contributed by atoms with van der Waals surface area (Å²) in [5.74, 6) is 1.65. The van der Waals surface area contributed by atoms with Gasteiger partial charge in [0.2, 0.25) is 0 Å². The number of hydrogen-bond donors (Lipinski definition) is 1. The van der Waals surface area contributed by atoms with Crippen LogP contribution in [-0.4, -0.2) is 43.2 Å². The summed E-state index contributed by atoms with van der Waals surface area (Å²) in [7, 11) is 0. The first-order valence-corrected chi connectivity index (χ1v) is 9.59. The molecule has 2 aliphatic heterocycles. The second kappa shape index (κ2) is 7.06. The van der Waals surface area contributed by atoms with Crippen LogP contribution in [0.5, 0.6) is 11.5 Å². The van der Waals surface area contributed by atoms with Crippen LogP contribution in [0.25, 0.3) is 10.4 Å². The minimum absolute atomic E-state index is 0.101. The van der Waals surface area contributed by atoms with Gasteiger partial charge in [0.25, 0.3) is 5.91 Å². The van der Waals surface area contributed by atoms with Crippen molar-refractivity contribution in [3.8, 4) is 21.9 Å². The van der Waals surface area contributed by atoms with Crippen molar-refractivity contribution in [1.29, 1.82) is 0 Å². The first-order valence-electron chi connectivity index (χ1n) is 8.77. The van der Waals surface area contributed by atoms with Crippen LogP contribution in [0.4, 0.5) is 0 Å². The molecule has 4 rings (SSSR count). The summed E-state index contributed by atoms with van der Waals surface area (Å²) in [6.45, 7) is 2.49. The van der Waals surface area contributed by atoms with E-state index in [4.69, 9.17) is 15.2 Å². The third-order valence-electron chi connectivity index (χ3n) is 4.80. The van der Waals surface area contributed by atoms with Crippen molar-refractivity contribution < 1.29 is 14.3 Å². The van der Waals surface area contributed by atoms with Crippen LogP contribution < -0.4 is 15.2 Å². The molecular weight excluding hydrogens is 336 g/mol. The maximum atomic E-state index is 12.9. The molecule has 1 amide bonds. The molecule has 0 aliphatic carbocycles. The molecule has 0 saturated carbocycles. The number of benzene rings is 1. The number of thiophene rings is 1. The zero-order chi connectivity index (χ0) is 17.2. The number of carbonyl (C=O) groups excluding carboxylic acids is 1. The van der Waals surface area contributed by atoms with Gasteiger partial charge in [-0.25, -0.2) is 0 Å². The number of ether oxygens (including phenoxy) is 2. The molecule has 2 N–H and O–H groups in total. The van der Waals surface area contributed by atoms with Gasteiger partial charge in [-0.05, 0) is 55.2 Å². The Hall–Kier alpha value is -2.05. The van der Waals surface area contributed by atoms with E-state index in [0.717, 1.165) is 52.6 Å². The Morgan fingerprint density at radius 3 is 2.84 bits per heavy atom. The van der Waals surface area contributed by atoms with Crippen molar-refractivity contribution in [1.82, 2.24) is 4.90 Å². The van der Waals surface area contributed by atoms with E-state index in [1.165, 1.54) is 11.3 Å². The smallest absolute Gasteiger partial charge is 0.264 e. The van der Waals surface area contributed by atoms with Crippen molar-refractivity contribution in [3.63, 3.8) is 0 Å². The predicted molar refractivity (Wildman–Crippen MR) is 98.5 cm³/mol. The number of fused-ring (bicyclic) bond motifs is 1. The van der Waals surface area contributed by atoms with Gasteiger partial charge in [0.15, 0.2) is 11.5 Å². The van der Waals surface area contributed by atoms with Gasteiger partial charge in [-0.1, -0.05) is 0 Å². The molecule has 1 fully saturated rings. The Morgan fingerprint density at radius 1 is 1.16 bits per heavy atom. The highest BCUT2D eigenvalue weighted by atomic mass is 32.1. The lowest BCUT2D eigenvalue weighted by molar-refractivity contribution is 0.0628. The van der Waals surface area contributed by atoms with Gasteiger partial charge in [0, 0.05) is 24.0 Å². The van der Waals surface area contributed by atoms with Crippen LogP contribution in [-0.2, 0) is 0 Å². The van der Waals surface area contributed by atoms with E-state index in [1.807, 2.05) is 35.2 Å². The Balaban J connectivity index is 1.56. The largest absolute Gasteiger partial charge is 0.486 e. The van der Waals surface area contributed by atoms with Gasteiger partial charge in [-0.2, -0.15) is 0 Å². The van der Waals surface area contributed by atoms with Gasteiger partial charge in [0.1, 0.15) is 13.2 Å². The van der Waals surface area contributed by atoms with E-state index in [0.29, 0.717) is 19.8 Å². The van der Waals surface area contributed by atoms with E-state index in [1.54, 1.807) is 0 Å². The number of likely N-dealkylation sites (tertiary alicyclic amines) is 1. The molecule has 1 unspecified atom stereocenters. The molecule has 1 aromatic carbocycles. The van der Waals surface area contributed by atoms with E-state index in [2.05, 4.69) is 0 Å². The van der Waals surface area contributed by atoms with E-state index < -0.39 is 0 Å². The van der Waals surface area contributed by atoms with E-state index in [-0.39, 0.29) is 11.9 Å². The molecule has 25 heavy (non-hydrogen) atoms. The molecule has 5 nitrogen and oxygen atoms in total. The third kappa shape index (κ3) is 3.24. The number of piperidine rings is 1. The number of nitrogens with two attached hydrogens (primary N) is 1. The minimum Gasteiger partial charge on any atom is -0.486 e. The van der Waals surface area contributed by atoms with Gasteiger partial charge in [0.05, 0.1) is 4.88 Å². The second-order valence-electron chi connectivity index (χ2n) is 6.41. The maximum Gasteiger partial charge on any atom is 0.264 e. The lowest BCUT2D eigenvalue weighted by atomic mass is 10.0. The number of nitrogens with zero attached hydrogens (tertiary/aromatic N) is 1. The van der Waals surface area contributed by atoms with Crippen LogP contribution in [0.1, 0.15) is 28.9 Å². The van der Waals surface area contributed by atoms with Crippen molar-refractivity contribution in [3.05, 3.63) is 35.2 Å². The highest BCUT2D eigenvalue weighted by molar-refractivity contribution is 7.17. The average Bonchev–Trinajstić information content (AvgIpc) is 3.17. The fourth-order valence-electron chi connectivity index (χ4n) is 3.46. The number of hydrogen-bond acceptors (Lipinski definition) is 5. The SMILES string of the molecule is NCC1CCCCN1C(=O)c1ccc(-c2ccc3c(c2)OCCO3)s1. The van der Waals surface area contributed by atoms with Gasteiger partial charge in [-0.3, -0.25) is 4.79 Å². The number of amides is 1.